The Labute approximate surface area is 232 Å². The summed E-state index contributed by atoms with van der Waals surface area (Å²) in [5.41, 5.74) is 4.01. The first kappa shape index (κ1) is 27.0. The summed E-state index contributed by atoms with van der Waals surface area (Å²) < 4.78 is 37.4. The quantitative estimate of drug-likeness (QED) is 0.238. The lowest BCUT2D eigenvalue weighted by atomic mass is 9.96. The molecule has 1 fully saturated rings. The highest BCUT2D eigenvalue weighted by Gasteiger charge is 2.31. The fraction of sp³-hybridized carbons (Fsp3) is 0.355. The van der Waals surface area contributed by atoms with Gasteiger partial charge in [-0.05, 0) is 60.7 Å². The maximum atomic E-state index is 15.1. The predicted molar refractivity (Wildman–Crippen MR) is 145 cm³/mol. The SMILES string of the molecule is CC#C[C@@H](CC(=O)OC)c1ccc(O[C@@H]2CCc3c(-c4cnc(O[C@@H]5CCOC5)c(Cl)c4)ccc(F)c32)cc1. The Hall–Kier alpha value is -3.60. The van der Waals surface area contributed by atoms with Gasteiger partial charge < -0.3 is 18.9 Å². The summed E-state index contributed by atoms with van der Waals surface area (Å²) >= 11 is 6.51. The van der Waals surface area contributed by atoms with E-state index in [1.807, 2.05) is 30.3 Å². The summed E-state index contributed by atoms with van der Waals surface area (Å²) in [6.07, 6.45) is 3.50. The molecule has 0 amide bonds. The molecule has 0 bridgehead atoms. The molecule has 1 saturated heterocycles. The van der Waals surface area contributed by atoms with E-state index in [4.69, 9.17) is 30.5 Å². The van der Waals surface area contributed by atoms with Gasteiger partial charge in [0.25, 0.3) is 0 Å². The van der Waals surface area contributed by atoms with Crippen molar-refractivity contribution in [3.63, 3.8) is 0 Å². The number of hydrogen-bond donors (Lipinski definition) is 0. The molecule has 39 heavy (non-hydrogen) atoms. The van der Waals surface area contributed by atoms with Gasteiger partial charge in [0.2, 0.25) is 5.88 Å². The normalized spacial score (nSPS) is 18.6. The molecule has 8 heteroatoms. The predicted octanol–water partition coefficient (Wildman–Crippen LogP) is 6.45. The lowest BCUT2D eigenvalue weighted by molar-refractivity contribution is -0.140. The van der Waals surface area contributed by atoms with Crippen LogP contribution in [0.25, 0.3) is 11.1 Å². The molecule has 0 saturated carbocycles. The Bertz CT molecular complexity index is 1410. The third kappa shape index (κ3) is 6.03. The summed E-state index contributed by atoms with van der Waals surface area (Å²) in [6.45, 7) is 2.93. The molecule has 0 spiro atoms. The van der Waals surface area contributed by atoms with Crippen LogP contribution in [0, 0.1) is 17.7 Å². The van der Waals surface area contributed by atoms with E-state index in [1.54, 1.807) is 19.2 Å². The molecule has 3 atom stereocenters. The van der Waals surface area contributed by atoms with E-state index in [0.717, 1.165) is 28.7 Å². The zero-order valence-corrected chi connectivity index (χ0v) is 22.6. The molecule has 1 aromatic heterocycles. The summed E-state index contributed by atoms with van der Waals surface area (Å²) in [4.78, 5) is 16.2. The van der Waals surface area contributed by atoms with Gasteiger partial charge in [0.15, 0.2) is 0 Å². The van der Waals surface area contributed by atoms with Gasteiger partial charge in [-0.25, -0.2) is 9.37 Å². The number of methoxy groups -OCH3 is 1. The molecule has 5 rings (SSSR count). The molecule has 1 aliphatic carbocycles. The minimum Gasteiger partial charge on any atom is -0.486 e. The summed E-state index contributed by atoms with van der Waals surface area (Å²) in [5, 5.41) is 0.404. The zero-order chi connectivity index (χ0) is 27.4. The molecule has 3 aromatic rings. The zero-order valence-electron chi connectivity index (χ0n) is 21.8. The first-order valence-corrected chi connectivity index (χ1v) is 13.3. The van der Waals surface area contributed by atoms with Gasteiger partial charge in [-0.15, -0.1) is 5.92 Å². The molecule has 0 N–H and O–H groups in total. The number of aromatic nitrogens is 1. The van der Waals surface area contributed by atoms with E-state index in [9.17, 15) is 4.79 Å². The first-order chi connectivity index (χ1) is 19.0. The van der Waals surface area contributed by atoms with Crippen LogP contribution < -0.4 is 9.47 Å². The second-order valence-electron chi connectivity index (χ2n) is 9.54. The second kappa shape index (κ2) is 12.1. The van der Waals surface area contributed by atoms with Crippen LogP contribution in [0.15, 0.2) is 48.7 Å². The minimum atomic E-state index is -0.430. The molecule has 2 aliphatic rings. The number of benzene rings is 2. The standard InChI is InChI=1S/C31H29ClFNO5/c1-3-4-20(16-29(35)36-2)19-5-7-22(8-6-19)38-28-12-10-25-24(9-11-27(33)30(25)28)21-15-26(32)31(34-17-21)39-23-13-14-37-18-23/h5-9,11,15,17,20,23,28H,10,12-14,16,18H2,1-2H3/t20-,23+,28+/m0/s1. The minimum absolute atomic E-state index is 0.0544. The Morgan fingerprint density at radius 1 is 1.21 bits per heavy atom. The van der Waals surface area contributed by atoms with E-state index >= 15 is 4.39 Å². The van der Waals surface area contributed by atoms with Gasteiger partial charge in [0.05, 0.1) is 32.7 Å². The number of halogens is 2. The number of esters is 1. The van der Waals surface area contributed by atoms with E-state index in [2.05, 4.69) is 16.8 Å². The summed E-state index contributed by atoms with van der Waals surface area (Å²) in [6, 6.07) is 12.5. The fourth-order valence-electron chi connectivity index (χ4n) is 5.10. The maximum absolute atomic E-state index is 15.1. The molecule has 2 heterocycles. The van der Waals surface area contributed by atoms with Crippen LogP contribution in [0.3, 0.4) is 0 Å². The number of carbonyl (C=O) groups excluding carboxylic acids is 1. The highest BCUT2D eigenvalue weighted by atomic mass is 35.5. The molecule has 1 aliphatic heterocycles. The molecule has 6 nitrogen and oxygen atoms in total. The van der Waals surface area contributed by atoms with Crippen molar-refractivity contribution in [3.8, 4) is 34.6 Å². The lowest BCUT2D eigenvalue weighted by Crippen LogP contribution is -2.16. The van der Waals surface area contributed by atoms with Crippen LogP contribution in [0.2, 0.25) is 5.02 Å². The summed E-state index contributed by atoms with van der Waals surface area (Å²) in [7, 11) is 1.36. The number of rotatable bonds is 8. The average molecular weight is 550 g/mol. The van der Waals surface area contributed by atoms with Crippen molar-refractivity contribution in [1.29, 1.82) is 0 Å². The van der Waals surface area contributed by atoms with Gasteiger partial charge in [0.1, 0.15) is 28.8 Å². The van der Waals surface area contributed by atoms with Crippen LogP contribution in [-0.2, 0) is 20.7 Å². The van der Waals surface area contributed by atoms with Crippen LogP contribution in [0.5, 0.6) is 11.6 Å². The number of nitrogens with zero attached hydrogens (tertiary/aromatic N) is 1. The van der Waals surface area contributed by atoms with Crippen LogP contribution in [-0.4, -0.2) is 37.4 Å². The van der Waals surface area contributed by atoms with Crippen molar-refractivity contribution in [1.82, 2.24) is 4.98 Å². The van der Waals surface area contributed by atoms with Crippen molar-refractivity contribution < 1.29 is 28.1 Å². The van der Waals surface area contributed by atoms with Crippen molar-refractivity contribution in [3.05, 3.63) is 76.2 Å². The van der Waals surface area contributed by atoms with E-state index in [-0.39, 0.29) is 30.2 Å². The fourth-order valence-corrected chi connectivity index (χ4v) is 5.32. The third-order valence-electron chi connectivity index (χ3n) is 7.04. The van der Waals surface area contributed by atoms with E-state index < -0.39 is 6.10 Å². The topological polar surface area (TPSA) is 66.9 Å². The smallest absolute Gasteiger partial charge is 0.307 e. The molecule has 2 aromatic carbocycles. The van der Waals surface area contributed by atoms with Crippen LogP contribution in [0.1, 0.15) is 54.9 Å². The molecular formula is C31H29ClFNO5. The Balaban J connectivity index is 1.34. The van der Waals surface area contributed by atoms with Crippen LogP contribution >= 0.6 is 11.6 Å². The van der Waals surface area contributed by atoms with Crippen molar-refractivity contribution in [2.75, 3.05) is 20.3 Å². The van der Waals surface area contributed by atoms with Crippen LogP contribution in [0.4, 0.5) is 4.39 Å². The van der Waals surface area contributed by atoms with Crippen molar-refractivity contribution in [2.45, 2.75) is 50.7 Å². The number of fused-ring (bicyclic) bond motifs is 1. The Kier molecular flexibility index (Phi) is 8.35. The number of carbonyl (C=O) groups is 1. The highest BCUT2D eigenvalue weighted by Crippen LogP contribution is 2.42. The number of hydrogen-bond acceptors (Lipinski definition) is 6. The third-order valence-corrected chi connectivity index (χ3v) is 7.32. The first-order valence-electron chi connectivity index (χ1n) is 12.9. The molecular weight excluding hydrogens is 521 g/mol. The Morgan fingerprint density at radius 3 is 2.72 bits per heavy atom. The van der Waals surface area contributed by atoms with Gasteiger partial charge in [-0.3, -0.25) is 4.79 Å². The van der Waals surface area contributed by atoms with Gasteiger partial charge in [-0.2, -0.15) is 0 Å². The molecule has 202 valence electrons. The number of ether oxygens (including phenoxy) is 4. The van der Waals surface area contributed by atoms with E-state index in [1.165, 1.54) is 13.2 Å². The molecule has 0 unspecified atom stereocenters. The average Bonchev–Trinajstić information content (AvgIpc) is 3.61. The Morgan fingerprint density at radius 2 is 2.03 bits per heavy atom. The lowest BCUT2D eigenvalue weighted by Gasteiger charge is -2.18. The largest absolute Gasteiger partial charge is 0.486 e. The highest BCUT2D eigenvalue weighted by molar-refractivity contribution is 6.32. The van der Waals surface area contributed by atoms with Gasteiger partial charge >= 0.3 is 5.97 Å². The second-order valence-corrected chi connectivity index (χ2v) is 9.95. The summed E-state index contributed by atoms with van der Waals surface area (Å²) in [5.74, 6) is 6.02. The maximum Gasteiger partial charge on any atom is 0.307 e. The van der Waals surface area contributed by atoms with E-state index in [0.29, 0.717) is 48.3 Å². The van der Waals surface area contributed by atoms with Crippen molar-refractivity contribution in [2.24, 2.45) is 0 Å². The van der Waals surface area contributed by atoms with Crippen molar-refractivity contribution >= 4 is 17.6 Å². The van der Waals surface area contributed by atoms with Gasteiger partial charge in [0, 0.05) is 23.7 Å². The monoisotopic (exact) mass is 549 g/mol. The van der Waals surface area contributed by atoms with Gasteiger partial charge in [-0.1, -0.05) is 35.7 Å². The molecule has 0 radical (unpaired) electrons. The number of pyridine rings is 1.